The second-order valence-electron chi connectivity index (χ2n) is 3.24. The van der Waals surface area contributed by atoms with Crippen LogP contribution in [0.2, 0.25) is 0 Å². The van der Waals surface area contributed by atoms with E-state index >= 15 is 0 Å². The van der Waals surface area contributed by atoms with Gasteiger partial charge >= 0.3 is 0 Å². The SMILES string of the molecule is CC(CC#N)SSc1ccc(C(N)=O)cc1. The number of rotatable bonds is 5. The molecule has 1 unspecified atom stereocenters. The summed E-state index contributed by atoms with van der Waals surface area (Å²) in [4.78, 5) is 11.9. The van der Waals surface area contributed by atoms with Gasteiger partial charge in [-0.3, -0.25) is 4.79 Å². The van der Waals surface area contributed by atoms with E-state index in [4.69, 9.17) is 11.0 Å². The lowest BCUT2D eigenvalue weighted by Gasteiger charge is -2.05. The molecule has 0 aliphatic heterocycles. The number of hydrogen-bond donors (Lipinski definition) is 1. The number of nitrogens with two attached hydrogens (primary N) is 1. The van der Waals surface area contributed by atoms with Crippen molar-refractivity contribution in [1.82, 2.24) is 0 Å². The summed E-state index contributed by atoms with van der Waals surface area (Å²) >= 11 is 0. The van der Waals surface area contributed by atoms with Crippen molar-refractivity contribution < 1.29 is 4.79 Å². The Labute approximate surface area is 103 Å². The number of carbonyl (C=O) groups excluding carboxylic acids is 1. The minimum atomic E-state index is -0.415. The Morgan fingerprint density at radius 1 is 1.50 bits per heavy atom. The van der Waals surface area contributed by atoms with E-state index in [0.29, 0.717) is 17.2 Å². The molecule has 0 bridgehead atoms. The molecule has 1 aromatic rings. The third-order valence-corrected chi connectivity index (χ3v) is 4.73. The number of amides is 1. The van der Waals surface area contributed by atoms with Gasteiger partial charge in [0.25, 0.3) is 0 Å². The van der Waals surface area contributed by atoms with Crippen molar-refractivity contribution in [3.63, 3.8) is 0 Å². The lowest BCUT2D eigenvalue weighted by molar-refractivity contribution is 0.100. The van der Waals surface area contributed by atoms with Crippen LogP contribution in [0.3, 0.4) is 0 Å². The van der Waals surface area contributed by atoms with E-state index in [1.807, 2.05) is 19.1 Å². The van der Waals surface area contributed by atoms with Crippen LogP contribution in [0.15, 0.2) is 29.2 Å². The third-order valence-electron chi connectivity index (χ3n) is 1.83. The molecule has 1 amide bonds. The summed E-state index contributed by atoms with van der Waals surface area (Å²) in [7, 11) is 3.25. The summed E-state index contributed by atoms with van der Waals surface area (Å²) in [5, 5.41) is 8.80. The van der Waals surface area contributed by atoms with Gasteiger partial charge in [-0.15, -0.1) is 0 Å². The highest BCUT2D eigenvalue weighted by Crippen LogP contribution is 2.35. The van der Waals surface area contributed by atoms with Crippen molar-refractivity contribution in [3.8, 4) is 6.07 Å². The van der Waals surface area contributed by atoms with Crippen LogP contribution >= 0.6 is 21.6 Å². The van der Waals surface area contributed by atoms with E-state index in [1.165, 1.54) is 0 Å². The van der Waals surface area contributed by atoms with Crippen molar-refractivity contribution in [1.29, 1.82) is 5.26 Å². The Morgan fingerprint density at radius 2 is 2.12 bits per heavy atom. The van der Waals surface area contributed by atoms with Crippen LogP contribution in [0.4, 0.5) is 0 Å². The third kappa shape index (κ3) is 4.17. The number of hydrogen-bond acceptors (Lipinski definition) is 4. The normalized spacial score (nSPS) is 11.8. The Bertz CT molecular complexity index is 397. The standard InChI is InChI=1S/C11H12N2OS2/c1-8(6-7-12)15-16-10-4-2-9(3-5-10)11(13)14/h2-5,8H,6H2,1H3,(H2,13,14). The van der Waals surface area contributed by atoms with Crippen molar-refractivity contribution in [2.45, 2.75) is 23.5 Å². The molecule has 1 aromatic carbocycles. The summed E-state index contributed by atoms with van der Waals surface area (Å²) < 4.78 is 0. The average molecular weight is 252 g/mol. The minimum absolute atomic E-state index is 0.297. The van der Waals surface area contributed by atoms with Gasteiger partial charge in [-0.05, 0) is 24.3 Å². The number of primary amides is 1. The van der Waals surface area contributed by atoms with Crippen molar-refractivity contribution in [3.05, 3.63) is 29.8 Å². The largest absolute Gasteiger partial charge is 0.366 e. The molecule has 0 radical (unpaired) electrons. The topological polar surface area (TPSA) is 66.9 Å². The zero-order valence-corrected chi connectivity index (χ0v) is 10.5. The summed E-state index contributed by atoms with van der Waals surface area (Å²) in [6.45, 7) is 2.01. The van der Waals surface area contributed by atoms with Gasteiger partial charge in [-0.2, -0.15) is 5.26 Å². The summed E-state index contributed by atoms with van der Waals surface area (Å²) in [5.74, 6) is -0.415. The molecule has 5 heteroatoms. The predicted octanol–water partition coefficient (Wildman–Crippen LogP) is 2.83. The van der Waals surface area contributed by atoms with Crippen molar-refractivity contribution in [2.75, 3.05) is 0 Å². The van der Waals surface area contributed by atoms with E-state index in [2.05, 4.69) is 6.07 Å². The Hall–Kier alpha value is -1.12. The average Bonchev–Trinajstić information content (AvgIpc) is 2.27. The van der Waals surface area contributed by atoms with E-state index < -0.39 is 5.91 Å². The molecule has 2 N–H and O–H groups in total. The second kappa shape index (κ2) is 6.46. The smallest absolute Gasteiger partial charge is 0.248 e. The summed E-state index contributed by atoms with van der Waals surface area (Å²) in [5.41, 5.74) is 5.65. The van der Waals surface area contributed by atoms with Gasteiger partial charge < -0.3 is 5.73 Å². The Balaban J connectivity index is 2.50. The fraction of sp³-hybridized carbons (Fsp3) is 0.273. The summed E-state index contributed by atoms with van der Waals surface area (Å²) in [6, 6.07) is 9.27. The first-order valence-corrected chi connectivity index (χ1v) is 6.95. The number of carbonyl (C=O) groups is 1. The molecule has 0 aliphatic rings. The van der Waals surface area contributed by atoms with E-state index in [-0.39, 0.29) is 0 Å². The van der Waals surface area contributed by atoms with Crippen LogP contribution in [0.1, 0.15) is 23.7 Å². The molecule has 1 rings (SSSR count). The van der Waals surface area contributed by atoms with Gasteiger partial charge in [0.2, 0.25) is 5.91 Å². The zero-order chi connectivity index (χ0) is 12.0. The number of nitrogens with zero attached hydrogens (tertiary/aromatic N) is 1. The highest BCUT2D eigenvalue weighted by Gasteiger charge is 2.04. The van der Waals surface area contributed by atoms with E-state index in [1.54, 1.807) is 33.7 Å². The van der Waals surface area contributed by atoms with Crippen LogP contribution in [-0.2, 0) is 0 Å². The predicted molar refractivity (Wildman–Crippen MR) is 68.1 cm³/mol. The van der Waals surface area contributed by atoms with Gasteiger partial charge in [0, 0.05) is 22.1 Å². The lowest BCUT2D eigenvalue weighted by Crippen LogP contribution is -2.10. The highest BCUT2D eigenvalue weighted by molar-refractivity contribution is 8.76. The van der Waals surface area contributed by atoms with Gasteiger partial charge in [0.05, 0.1) is 6.07 Å². The summed E-state index contributed by atoms with van der Waals surface area (Å²) in [6.07, 6.45) is 0.539. The molecule has 84 valence electrons. The van der Waals surface area contributed by atoms with Crippen LogP contribution in [0.25, 0.3) is 0 Å². The van der Waals surface area contributed by atoms with Crippen LogP contribution in [-0.4, -0.2) is 11.2 Å². The molecule has 1 atom stereocenters. The molecule has 0 aromatic heterocycles. The number of nitriles is 1. The van der Waals surface area contributed by atoms with Gasteiger partial charge in [-0.1, -0.05) is 28.5 Å². The van der Waals surface area contributed by atoms with Crippen LogP contribution in [0, 0.1) is 11.3 Å². The quantitative estimate of drug-likeness (QED) is 0.818. The zero-order valence-electron chi connectivity index (χ0n) is 8.84. The maximum atomic E-state index is 10.8. The molecule has 16 heavy (non-hydrogen) atoms. The maximum absolute atomic E-state index is 10.8. The van der Waals surface area contributed by atoms with Crippen molar-refractivity contribution in [2.24, 2.45) is 5.73 Å². The molecule has 0 saturated heterocycles. The molecule has 0 fully saturated rings. The van der Waals surface area contributed by atoms with E-state index in [9.17, 15) is 4.79 Å². The highest BCUT2D eigenvalue weighted by atomic mass is 33.1. The minimum Gasteiger partial charge on any atom is -0.366 e. The first-order valence-electron chi connectivity index (χ1n) is 4.73. The molecule has 0 aliphatic carbocycles. The molecular weight excluding hydrogens is 240 g/mol. The monoisotopic (exact) mass is 252 g/mol. The Kier molecular flexibility index (Phi) is 5.23. The molecule has 3 nitrogen and oxygen atoms in total. The van der Waals surface area contributed by atoms with Gasteiger partial charge in [-0.25, -0.2) is 0 Å². The van der Waals surface area contributed by atoms with Gasteiger partial charge in [0.15, 0.2) is 0 Å². The fourth-order valence-electron chi connectivity index (χ4n) is 0.975. The lowest BCUT2D eigenvalue weighted by atomic mass is 10.2. The van der Waals surface area contributed by atoms with Crippen LogP contribution in [0.5, 0.6) is 0 Å². The molecule has 0 heterocycles. The number of benzene rings is 1. The first kappa shape index (κ1) is 12.9. The van der Waals surface area contributed by atoms with Crippen molar-refractivity contribution >= 4 is 27.5 Å². The van der Waals surface area contributed by atoms with Crippen LogP contribution < -0.4 is 5.73 Å². The first-order chi connectivity index (χ1) is 7.63. The molecule has 0 spiro atoms. The molecular formula is C11H12N2OS2. The van der Waals surface area contributed by atoms with E-state index in [0.717, 1.165) is 4.90 Å². The molecule has 0 saturated carbocycles. The van der Waals surface area contributed by atoms with Gasteiger partial charge in [0.1, 0.15) is 0 Å². The fourth-order valence-corrected chi connectivity index (χ4v) is 3.00. The maximum Gasteiger partial charge on any atom is 0.248 e. The Morgan fingerprint density at radius 3 is 2.62 bits per heavy atom. The second-order valence-corrected chi connectivity index (χ2v) is 5.95.